The zero-order chi connectivity index (χ0) is 14.0. The molecule has 0 aliphatic carbocycles. The molecule has 1 amide bonds. The standard InChI is InChI=1S/C15H23N3O/c1-10-4-5-13(14(16)8-10)15(19)17-12-6-7-18(3)11(2)9-12/h4-5,8,11-12H,6-7,9,16H2,1-3H3,(H,17,19). The number of aryl methyl sites for hydroxylation is 1. The molecule has 1 aromatic carbocycles. The van der Waals surface area contributed by atoms with Crippen LogP contribution in [0, 0.1) is 6.92 Å². The highest BCUT2D eigenvalue weighted by atomic mass is 16.1. The number of piperidine rings is 1. The maximum atomic E-state index is 12.2. The maximum absolute atomic E-state index is 12.2. The third-order valence-corrected chi connectivity index (χ3v) is 4.00. The van der Waals surface area contributed by atoms with Crippen molar-refractivity contribution >= 4 is 11.6 Å². The number of carbonyl (C=O) groups excluding carboxylic acids is 1. The summed E-state index contributed by atoms with van der Waals surface area (Å²) in [7, 11) is 2.13. The molecule has 1 heterocycles. The van der Waals surface area contributed by atoms with Crippen molar-refractivity contribution in [2.75, 3.05) is 19.3 Å². The molecule has 1 aliphatic rings. The predicted molar refractivity (Wildman–Crippen MR) is 78.2 cm³/mol. The van der Waals surface area contributed by atoms with Crippen molar-refractivity contribution in [2.45, 2.75) is 38.8 Å². The Hall–Kier alpha value is -1.55. The fourth-order valence-corrected chi connectivity index (χ4v) is 2.57. The van der Waals surface area contributed by atoms with Gasteiger partial charge < -0.3 is 16.0 Å². The van der Waals surface area contributed by atoms with E-state index in [2.05, 4.69) is 24.2 Å². The Labute approximate surface area is 115 Å². The summed E-state index contributed by atoms with van der Waals surface area (Å²) in [5.74, 6) is -0.0562. The minimum atomic E-state index is -0.0562. The second-order valence-electron chi connectivity index (χ2n) is 5.62. The quantitative estimate of drug-likeness (QED) is 0.798. The first-order valence-electron chi connectivity index (χ1n) is 6.84. The molecular formula is C15H23N3O. The van der Waals surface area contributed by atoms with E-state index in [1.807, 2.05) is 19.1 Å². The summed E-state index contributed by atoms with van der Waals surface area (Å²) in [6.07, 6.45) is 1.99. The molecule has 19 heavy (non-hydrogen) atoms. The molecule has 104 valence electrons. The molecule has 1 aliphatic heterocycles. The first-order valence-corrected chi connectivity index (χ1v) is 6.84. The van der Waals surface area contributed by atoms with Gasteiger partial charge in [-0.2, -0.15) is 0 Å². The Morgan fingerprint density at radius 1 is 1.47 bits per heavy atom. The molecule has 2 atom stereocenters. The molecule has 4 heteroatoms. The number of rotatable bonds is 2. The van der Waals surface area contributed by atoms with E-state index >= 15 is 0 Å². The van der Waals surface area contributed by atoms with Crippen LogP contribution in [0.2, 0.25) is 0 Å². The Kier molecular flexibility index (Phi) is 4.10. The van der Waals surface area contributed by atoms with Gasteiger partial charge in [-0.15, -0.1) is 0 Å². The highest BCUT2D eigenvalue weighted by Gasteiger charge is 2.24. The van der Waals surface area contributed by atoms with Crippen molar-refractivity contribution in [3.63, 3.8) is 0 Å². The van der Waals surface area contributed by atoms with Crippen molar-refractivity contribution in [3.05, 3.63) is 29.3 Å². The summed E-state index contributed by atoms with van der Waals surface area (Å²) < 4.78 is 0. The number of nitrogens with two attached hydrogens (primary N) is 1. The number of nitrogens with one attached hydrogen (secondary N) is 1. The third kappa shape index (κ3) is 3.26. The van der Waals surface area contributed by atoms with Gasteiger partial charge in [-0.3, -0.25) is 4.79 Å². The number of nitrogen functional groups attached to an aromatic ring is 1. The largest absolute Gasteiger partial charge is 0.398 e. The molecule has 0 saturated carbocycles. The summed E-state index contributed by atoms with van der Waals surface area (Å²) in [6.45, 7) is 5.19. The molecule has 2 unspecified atom stereocenters. The maximum Gasteiger partial charge on any atom is 0.253 e. The van der Waals surface area contributed by atoms with Gasteiger partial charge in [0.15, 0.2) is 0 Å². The molecule has 1 fully saturated rings. The van der Waals surface area contributed by atoms with Crippen molar-refractivity contribution < 1.29 is 4.79 Å². The van der Waals surface area contributed by atoms with Gasteiger partial charge in [-0.05, 0) is 51.4 Å². The van der Waals surface area contributed by atoms with E-state index < -0.39 is 0 Å². The van der Waals surface area contributed by atoms with Crippen LogP contribution in [0.15, 0.2) is 18.2 Å². The predicted octanol–water partition coefficient (Wildman–Crippen LogP) is 1.79. The summed E-state index contributed by atoms with van der Waals surface area (Å²) in [5.41, 5.74) is 8.11. The zero-order valence-corrected chi connectivity index (χ0v) is 11.9. The lowest BCUT2D eigenvalue weighted by Crippen LogP contribution is -2.47. The number of carbonyl (C=O) groups is 1. The highest BCUT2D eigenvalue weighted by Crippen LogP contribution is 2.18. The van der Waals surface area contributed by atoms with E-state index in [0.29, 0.717) is 17.3 Å². The van der Waals surface area contributed by atoms with Crippen LogP contribution in [0.25, 0.3) is 0 Å². The van der Waals surface area contributed by atoms with Crippen LogP contribution in [0.1, 0.15) is 35.7 Å². The van der Waals surface area contributed by atoms with E-state index in [1.165, 1.54) is 0 Å². The lowest BCUT2D eigenvalue weighted by atomic mass is 9.98. The van der Waals surface area contributed by atoms with Crippen LogP contribution in [-0.4, -0.2) is 36.5 Å². The van der Waals surface area contributed by atoms with Gasteiger partial charge in [0.2, 0.25) is 0 Å². The number of amides is 1. The number of hydrogen-bond donors (Lipinski definition) is 2. The molecule has 0 bridgehead atoms. The van der Waals surface area contributed by atoms with E-state index in [-0.39, 0.29) is 11.9 Å². The van der Waals surface area contributed by atoms with Crippen LogP contribution in [-0.2, 0) is 0 Å². The van der Waals surface area contributed by atoms with Gasteiger partial charge in [-0.1, -0.05) is 6.07 Å². The van der Waals surface area contributed by atoms with Crippen LogP contribution in [0.5, 0.6) is 0 Å². The first-order chi connectivity index (χ1) is 8.97. The smallest absolute Gasteiger partial charge is 0.253 e. The number of anilines is 1. The van der Waals surface area contributed by atoms with E-state index in [4.69, 9.17) is 5.73 Å². The summed E-state index contributed by atoms with van der Waals surface area (Å²) >= 11 is 0. The minimum absolute atomic E-state index is 0.0562. The topological polar surface area (TPSA) is 58.4 Å². The van der Waals surface area contributed by atoms with E-state index in [0.717, 1.165) is 24.9 Å². The second-order valence-corrected chi connectivity index (χ2v) is 5.62. The fraction of sp³-hybridized carbons (Fsp3) is 0.533. The molecule has 1 saturated heterocycles. The summed E-state index contributed by atoms with van der Waals surface area (Å²) in [4.78, 5) is 14.6. The number of benzene rings is 1. The molecule has 0 aromatic heterocycles. The van der Waals surface area contributed by atoms with E-state index in [9.17, 15) is 4.79 Å². The lowest BCUT2D eigenvalue weighted by molar-refractivity contribution is 0.0897. The monoisotopic (exact) mass is 261 g/mol. The van der Waals surface area contributed by atoms with Gasteiger partial charge in [0.05, 0.1) is 5.56 Å². The molecule has 3 N–H and O–H groups in total. The zero-order valence-electron chi connectivity index (χ0n) is 11.9. The first kappa shape index (κ1) is 13.9. The molecule has 1 aromatic rings. The van der Waals surface area contributed by atoms with Crippen LogP contribution >= 0.6 is 0 Å². The molecule has 4 nitrogen and oxygen atoms in total. The minimum Gasteiger partial charge on any atom is -0.398 e. The Balaban J connectivity index is 2.01. The molecular weight excluding hydrogens is 238 g/mol. The van der Waals surface area contributed by atoms with Gasteiger partial charge in [0, 0.05) is 24.3 Å². The third-order valence-electron chi connectivity index (χ3n) is 4.00. The second kappa shape index (κ2) is 5.61. The van der Waals surface area contributed by atoms with Crippen molar-refractivity contribution in [2.24, 2.45) is 0 Å². The average Bonchev–Trinajstić information content (AvgIpc) is 2.33. The van der Waals surface area contributed by atoms with Crippen molar-refractivity contribution in [1.29, 1.82) is 0 Å². The van der Waals surface area contributed by atoms with Gasteiger partial charge in [0.1, 0.15) is 0 Å². The van der Waals surface area contributed by atoms with Crippen LogP contribution < -0.4 is 11.1 Å². The van der Waals surface area contributed by atoms with Gasteiger partial charge in [0.25, 0.3) is 5.91 Å². The summed E-state index contributed by atoms with van der Waals surface area (Å²) in [6, 6.07) is 6.32. The number of likely N-dealkylation sites (tertiary alicyclic amines) is 1. The SMILES string of the molecule is Cc1ccc(C(=O)NC2CCN(C)C(C)C2)c(N)c1. The van der Waals surface area contributed by atoms with Gasteiger partial charge >= 0.3 is 0 Å². The normalized spacial score (nSPS) is 24.2. The van der Waals surface area contributed by atoms with E-state index in [1.54, 1.807) is 6.07 Å². The number of nitrogens with zero attached hydrogens (tertiary/aromatic N) is 1. The Bertz CT molecular complexity index is 472. The lowest BCUT2D eigenvalue weighted by Gasteiger charge is -2.35. The Morgan fingerprint density at radius 3 is 2.84 bits per heavy atom. The van der Waals surface area contributed by atoms with Crippen molar-refractivity contribution in [1.82, 2.24) is 10.2 Å². The molecule has 0 spiro atoms. The number of hydrogen-bond acceptors (Lipinski definition) is 3. The summed E-state index contributed by atoms with van der Waals surface area (Å²) in [5, 5.41) is 3.10. The average molecular weight is 261 g/mol. The molecule has 0 radical (unpaired) electrons. The van der Waals surface area contributed by atoms with Crippen molar-refractivity contribution in [3.8, 4) is 0 Å². The highest BCUT2D eigenvalue weighted by molar-refractivity contribution is 5.99. The van der Waals surface area contributed by atoms with Crippen LogP contribution in [0.3, 0.4) is 0 Å². The van der Waals surface area contributed by atoms with Crippen LogP contribution in [0.4, 0.5) is 5.69 Å². The van der Waals surface area contributed by atoms with Gasteiger partial charge in [-0.25, -0.2) is 0 Å². The molecule has 2 rings (SSSR count). The fourth-order valence-electron chi connectivity index (χ4n) is 2.57. The Morgan fingerprint density at radius 2 is 2.21 bits per heavy atom.